The van der Waals surface area contributed by atoms with Gasteiger partial charge in [-0.25, -0.2) is 0 Å². The first-order valence-electron chi connectivity index (χ1n) is 12.2. The fourth-order valence-electron chi connectivity index (χ4n) is 6.00. The van der Waals surface area contributed by atoms with Gasteiger partial charge < -0.3 is 19.7 Å². The second-order valence-corrected chi connectivity index (χ2v) is 9.66. The van der Waals surface area contributed by atoms with Gasteiger partial charge in [0.25, 0.3) is 0 Å². The predicted molar refractivity (Wildman–Crippen MR) is 118 cm³/mol. The molecule has 0 radical (unpaired) electrons. The number of methoxy groups -OCH3 is 1. The van der Waals surface area contributed by atoms with Gasteiger partial charge in [0.2, 0.25) is 11.8 Å². The Morgan fingerprint density at radius 2 is 1.81 bits per heavy atom. The van der Waals surface area contributed by atoms with E-state index >= 15 is 0 Å². The lowest BCUT2D eigenvalue weighted by atomic mass is 9.96. The summed E-state index contributed by atoms with van der Waals surface area (Å²) in [5.41, 5.74) is 0. The van der Waals surface area contributed by atoms with Gasteiger partial charge in [0.15, 0.2) is 0 Å². The highest BCUT2D eigenvalue weighted by molar-refractivity contribution is 5.83. The molecule has 4 saturated heterocycles. The van der Waals surface area contributed by atoms with Gasteiger partial charge in [-0.05, 0) is 45.6 Å². The first kappa shape index (κ1) is 23.4. The number of esters is 1. The van der Waals surface area contributed by atoms with Crippen LogP contribution in [0.3, 0.4) is 0 Å². The quantitative estimate of drug-likeness (QED) is 0.600. The standard InChI is InChI=1S/C23H38N4O5/c1-25-18(3-4-20(28)26-10-5-16(6-11-26)23(30)31-2)15-24-22(29)21-19(25)7-12-27(21)17-8-13-32-14-9-17/h16-19,21H,3-15H2,1-2H3,(H,24,29)/t18-,19+,21-/m0/s1. The van der Waals surface area contributed by atoms with E-state index in [1.807, 2.05) is 4.90 Å². The van der Waals surface area contributed by atoms with E-state index in [9.17, 15) is 14.4 Å². The Kier molecular flexibility index (Phi) is 7.68. The van der Waals surface area contributed by atoms with Crippen LogP contribution in [0.4, 0.5) is 0 Å². The van der Waals surface area contributed by atoms with E-state index in [1.54, 1.807) is 0 Å². The van der Waals surface area contributed by atoms with E-state index in [1.165, 1.54) is 7.11 Å². The maximum atomic E-state index is 13.0. The van der Waals surface area contributed by atoms with Crippen molar-refractivity contribution in [3.63, 3.8) is 0 Å². The molecule has 32 heavy (non-hydrogen) atoms. The molecule has 0 spiro atoms. The second-order valence-electron chi connectivity index (χ2n) is 9.66. The van der Waals surface area contributed by atoms with Gasteiger partial charge in [-0.1, -0.05) is 0 Å². The largest absolute Gasteiger partial charge is 0.469 e. The zero-order valence-corrected chi connectivity index (χ0v) is 19.5. The van der Waals surface area contributed by atoms with Crippen molar-refractivity contribution in [2.75, 3.05) is 53.6 Å². The normalized spacial score (nSPS) is 31.1. The van der Waals surface area contributed by atoms with Crippen molar-refractivity contribution in [2.45, 2.75) is 69.1 Å². The highest BCUT2D eigenvalue weighted by Crippen LogP contribution is 2.31. The molecule has 4 rings (SSSR count). The molecular weight excluding hydrogens is 412 g/mol. The Morgan fingerprint density at radius 1 is 1.09 bits per heavy atom. The van der Waals surface area contributed by atoms with Gasteiger partial charge in [0.05, 0.1) is 13.0 Å². The summed E-state index contributed by atoms with van der Waals surface area (Å²) in [5, 5.41) is 3.16. The number of ether oxygens (including phenoxy) is 2. The molecule has 180 valence electrons. The summed E-state index contributed by atoms with van der Waals surface area (Å²) < 4.78 is 10.3. The Hall–Kier alpha value is -1.71. The second kappa shape index (κ2) is 10.5. The van der Waals surface area contributed by atoms with E-state index in [0.29, 0.717) is 44.9 Å². The van der Waals surface area contributed by atoms with Crippen LogP contribution >= 0.6 is 0 Å². The van der Waals surface area contributed by atoms with Crippen molar-refractivity contribution < 1.29 is 23.9 Å². The monoisotopic (exact) mass is 450 g/mol. The lowest BCUT2D eigenvalue weighted by Crippen LogP contribution is -2.53. The Bertz CT molecular complexity index is 690. The van der Waals surface area contributed by atoms with Crippen molar-refractivity contribution in [1.82, 2.24) is 20.0 Å². The van der Waals surface area contributed by atoms with E-state index < -0.39 is 0 Å². The molecule has 0 aromatic heterocycles. The third kappa shape index (κ3) is 4.94. The summed E-state index contributed by atoms with van der Waals surface area (Å²) >= 11 is 0. The Labute approximate surface area is 190 Å². The molecule has 4 aliphatic heterocycles. The summed E-state index contributed by atoms with van der Waals surface area (Å²) in [6, 6.07) is 0.654. The van der Waals surface area contributed by atoms with Crippen molar-refractivity contribution in [1.29, 1.82) is 0 Å². The number of nitrogens with zero attached hydrogens (tertiary/aromatic N) is 3. The average Bonchev–Trinajstić information content (AvgIpc) is 3.24. The number of likely N-dealkylation sites (tertiary alicyclic amines) is 2. The van der Waals surface area contributed by atoms with Gasteiger partial charge in [0.1, 0.15) is 6.04 Å². The molecule has 9 heteroatoms. The molecular formula is C23H38N4O5. The summed E-state index contributed by atoms with van der Waals surface area (Å²) in [6.45, 7) is 4.30. The van der Waals surface area contributed by atoms with Crippen molar-refractivity contribution in [3.05, 3.63) is 0 Å². The van der Waals surface area contributed by atoms with Crippen LogP contribution < -0.4 is 5.32 Å². The molecule has 0 aliphatic carbocycles. The van der Waals surface area contributed by atoms with Gasteiger partial charge >= 0.3 is 5.97 Å². The van der Waals surface area contributed by atoms with Crippen LogP contribution in [-0.2, 0) is 23.9 Å². The number of carbonyl (C=O) groups excluding carboxylic acids is 3. The van der Waals surface area contributed by atoms with Crippen molar-refractivity contribution >= 4 is 17.8 Å². The lowest BCUT2D eigenvalue weighted by molar-refractivity contribution is -0.149. The van der Waals surface area contributed by atoms with E-state index in [0.717, 1.165) is 45.4 Å². The number of nitrogens with one attached hydrogen (secondary N) is 1. The molecule has 0 unspecified atom stereocenters. The fraction of sp³-hybridized carbons (Fsp3) is 0.870. The van der Waals surface area contributed by atoms with Gasteiger partial charge in [-0.3, -0.25) is 24.2 Å². The number of hydrogen-bond donors (Lipinski definition) is 1. The molecule has 2 amide bonds. The minimum Gasteiger partial charge on any atom is -0.469 e. The van der Waals surface area contributed by atoms with Gasteiger partial charge in [-0.15, -0.1) is 0 Å². The highest BCUT2D eigenvalue weighted by atomic mass is 16.5. The number of fused-ring (bicyclic) bond motifs is 1. The zero-order chi connectivity index (χ0) is 22.7. The maximum absolute atomic E-state index is 13.0. The molecule has 0 aromatic rings. The first-order valence-corrected chi connectivity index (χ1v) is 12.2. The van der Waals surface area contributed by atoms with Crippen LogP contribution in [0, 0.1) is 5.92 Å². The lowest BCUT2D eigenvalue weighted by Gasteiger charge is -2.37. The molecule has 0 saturated carbocycles. The third-order valence-electron chi connectivity index (χ3n) is 8.02. The third-order valence-corrected chi connectivity index (χ3v) is 8.02. The Balaban J connectivity index is 1.30. The summed E-state index contributed by atoms with van der Waals surface area (Å²) in [7, 11) is 3.53. The smallest absolute Gasteiger partial charge is 0.308 e. The van der Waals surface area contributed by atoms with Crippen LogP contribution in [0.2, 0.25) is 0 Å². The molecule has 1 N–H and O–H groups in total. The number of likely N-dealkylation sites (N-methyl/N-ethyl adjacent to an activating group) is 1. The van der Waals surface area contributed by atoms with E-state index in [-0.39, 0.29) is 41.8 Å². The number of carbonyl (C=O) groups is 3. The fourth-order valence-corrected chi connectivity index (χ4v) is 6.00. The minimum atomic E-state index is -0.172. The van der Waals surface area contributed by atoms with E-state index in [2.05, 4.69) is 22.2 Å². The predicted octanol–water partition coefficient (Wildman–Crippen LogP) is 0.230. The van der Waals surface area contributed by atoms with Crippen LogP contribution in [0.5, 0.6) is 0 Å². The minimum absolute atomic E-state index is 0.0924. The molecule has 4 aliphatic rings. The maximum Gasteiger partial charge on any atom is 0.308 e. The molecule has 4 fully saturated rings. The number of piperidine rings is 1. The molecule has 0 bridgehead atoms. The number of hydrogen-bond acceptors (Lipinski definition) is 7. The Morgan fingerprint density at radius 3 is 2.50 bits per heavy atom. The van der Waals surface area contributed by atoms with E-state index in [4.69, 9.17) is 9.47 Å². The van der Waals surface area contributed by atoms with Crippen LogP contribution in [-0.4, -0.2) is 110 Å². The first-order chi connectivity index (χ1) is 15.5. The SMILES string of the molecule is COC(=O)C1CCN(C(=O)CC[C@H]2CNC(=O)[C@@H]3[C@@H](CCN3C3CCOCC3)N2C)CC1. The zero-order valence-electron chi connectivity index (χ0n) is 19.5. The van der Waals surface area contributed by atoms with Crippen LogP contribution in [0.25, 0.3) is 0 Å². The summed E-state index contributed by atoms with van der Waals surface area (Å²) in [6.07, 6.45) is 5.50. The van der Waals surface area contributed by atoms with Crippen molar-refractivity contribution in [2.24, 2.45) is 5.92 Å². The summed E-state index contributed by atoms with van der Waals surface area (Å²) in [4.78, 5) is 44.2. The van der Waals surface area contributed by atoms with Crippen LogP contribution in [0.1, 0.15) is 44.9 Å². The van der Waals surface area contributed by atoms with Gasteiger partial charge in [-0.2, -0.15) is 0 Å². The molecule has 9 nitrogen and oxygen atoms in total. The summed E-state index contributed by atoms with van der Waals surface area (Å²) in [5.74, 6) is 0.00713. The molecule has 4 heterocycles. The topological polar surface area (TPSA) is 91.4 Å². The van der Waals surface area contributed by atoms with Crippen molar-refractivity contribution in [3.8, 4) is 0 Å². The van der Waals surface area contributed by atoms with Gasteiger partial charge in [0, 0.05) is 63.9 Å². The molecule has 3 atom stereocenters. The average molecular weight is 451 g/mol. The number of rotatable bonds is 5. The van der Waals surface area contributed by atoms with Crippen LogP contribution in [0.15, 0.2) is 0 Å². The highest BCUT2D eigenvalue weighted by Gasteiger charge is 2.47. The number of amides is 2. The molecule has 0 aromatic carbocycles.